The molecule has 8 N–H and O–H groups in total. The lowest BCUT2D eigenvalue weighted by Crippen LogP contribution is -2.67. The van der Waals surface area contributed by atoms with Crippen molar-refractivity contribution in [3.05, 3.63) is 0 Å². The van der Waals surface area contributed by atoms with Crippen molar-refractivity contribution in [1.29, 1.82) is 0 Å². The van der Waals surface area contributed by atoms with Crippen LogP contribution in [0, 0.1) is 0 Å². The lowest BCUT2D eigenvalue weighted by molar-refractivity contribution is -0.347. The first-order valence-corrected chi connectivity index (χ1v) is 11.5. The maximum Gasteiger partial charge on any atom is 0.319 e. The number of halogens is 1. The highest BCUT2D eigenvalue weighted by atomic mass is 35.5. The maximum atomic E-state index is 12.6. The highest BCUT2D eigenvalue weighted by Gasteiger charge is 2.52. The molecule has 0 saturated carbocycles. The van der Waals surface area contributed by atoms with E-state index in [0.29, 0.717) is 6.61 Å². The van der Waals surface area contributed by atoms with Gasteiger partial charge >= 0.3 is 6.03 Å². The number of nitrogens with one attached hydrogen (secondary N) is 1. The Morgan fingerprint density at radius 2 is 1.65 bits per heavy atom. The first-order valence-electron chi connectivity index (χ1n) is 11.0. The second-order valence-corrected chi connectivity index (χ2v) is 8.22. The SMILES string of the molecule is CCOCCN(C(=O)NCCCl)C1O[C@H](CO)[C@@H](O[C@H]2O[C@H](CO)[C@@H](O)[C@H](O)[C@H]2O)[C@H](O)[C@H]1O. The van der Waals surface area contributed by atoms with E-state index in [2.05, 4.69) is 5.32 Å². The van der Waals surface area contributed by atoms with Crippen LogP contribution < -0.4 is 5.32 Å². The molecule has 2 rings (SSSR count). The molecule has 0 aromatic heterocycles. The van der Waals surface area contributed by atoms with Crippen LogP contribution in [0.3, 0.4) is 0 Å². The standard InChI is InChI=1S/C19H35ClN2O12/c1-2-31-6-5-22(19(30)21-4-3-20)17-14(28)13(27)16(10(8-24)32-17)34-18-15(29)12(26)11(25)9(7-23)33-18/h9-18,23-29H,2-8H2,1H3,(H,21,30)/t9-,10-,11-,12+,13-,14-,15-,16-,17?,18-/m1/s1. The van der Waals surface area contributed by atoms with E-state index < -0.39 is 80.6 Å². The van der Waals surface area contributed by atoms with Gasteiger partial charge in [-0.2, -0.15) is 0 Å². The molecule has 2 aliphatic rings. The second-order valence-electron chi connectivity index (χ2n) is 7.84. The summed E-state index contributed by atoms with van der Waals surface area (Å²) in [7, 11) is 0. The van der Waals surface area contributed by atoms with Crippen molar-refractivity contribution < 1.29 is 59.5 Å². The number of nitrogens with zero attached hydrogens (tertiary/aromatic N) is 1. The van der Waals surface area contributed by atoms with E-state index in [1.54, 1.807) is 6.92 Å². The minimum atomic E-state index is -1.77. The zero-order valence-corrected chi connectivity index (χ0v) is 19.5. The van der Waals surface area contributed by atoms with Gasteiger partial charge in [-0.25, -0.2) is 4.79 Å². The molecule has 15 heteroatoms. The Morgan fingerprint density at radius 1 is 0.971 bits per heavy atom. The van der Waals surface area contributed by atoms with E-state index in [9.17, 15) is 40.5 Å². The van der Waals surface area contributed by atoms with Gasteiger partial charge in [0.2, 0.25) is 0 Å². The van der Waals surface area contributed by atoms with Crippen LogP contribution >= 0.6 is 11.6 Å². The lowest BCUT2D eigenvalue weighted by Gasteiger charge is -2.48. The van der Waals surface area contributed by atoms with Gasteiger partial charge in [0.25, 0.3) is 0 Å². The van der Waals surface area contributed by atoms with E-state index >= 15 is 0 Å². The summed E-state index contributed by atoms with van der Waals surface area (Å²) in [5.41, 5.74) is 0. The molecule has 2 fully saturated rings. The highest BCUT2D eigenvalue weighted by Crippen LogP contribution is 2.30. The highest BCUT2D eigenvalue weighted by molar-refractivity contribution is 6.18. The maximum absolute atomic E-state index is 12.6. The van der Waals surface area contributed by atoms with E-state index in [-0.39, 0.29) is 25.6 Å². The number of aliphatic hydroxyl groups excluding tert-OH is 7. The number of amides is 2. The average molecular weight is 519 g/mol. The number of aliphatic hydroxyl groups is 7. The predicted molar refractivity (Wildman–Crippen MR) is 114 cm³/mol. The summed E-state index contributed by atoms with van der Waals surface area (Å²) in [6, 6.07) is -0.651. The van der Waals surface area contributed by atoms with Gasteiger partial charge in [-0.15, -0.1) is 11.6 Å². The first kappa shape index (κ1) is 29.4. The summed E-state index contributed by atoms with van der Waals surface area (Å²) in [6.45, 7) is 0.927. The number of carbonyl (C=O) groups is 1. The zero-order chi connectivity index (χ0) is 25.4. The van der Waals surface area contributed by atoms with Crippen molar-refractivity contribution in [2.75, 3.05) is 45.4 Å². The minimum Gasteiger partial charge on any atom is -0.394 e. The number of hydrogen-bond acceptors (Lipinski definition) is 12. The van der Waals surface area contributed by atoms with E-state index in [1.807, 2.05) is 0 Å². The summed E-state index contributed by atoms with van der Waals surface area (Å²) < 4.78 is 21.8. The number of urea groups is 1. The molecule has 2 heterocycles. The van der Waals surface area contributed by atoms with Gasteiger partial charge in [-0.1, -0.05) is 0 Å². The third-order valence-corrected chi connectivity index (χ3v) is 5.79. The normalized spacial score (nSPS) is 38.5. The smallest absolute Gasteiger partial charge is 0.319 e. The molecule has 34 heavy (non-hydrogen) atoms. The van der Waals surface area contributed by atoms with Crippen LogP contribution in [0.5, 0.6) is 0 Å². The van der Waals surface area contributed by atoms with Crippen LogP contribution in [0.4, 0.5) is 4.79 Å². The van der Waals surface area contributed by atoms with Gasteiger partial charge in [0, 0.05) is 25.6 Å². The third-order valence-electron chi connectivity index (χ3n) is 5.60. The monoisotopic (exact) mass is 518 g/mol. The molecule has 0 aromatic rings. The molecule has 200 valence electrons. The van der Waals surface area contributed by atoms with Gasteiger partial charge in [-0.05, 0) is 6.92 Å². The Hall–Kier alpha value is -0.880. The predicted octanol–water partition coefficient (Wildman–Crippen LogP) is -4.10. The van der Waals surface area contributed by atoms with Gasteiger partial charge < -0.3 is 60.0 Å². The number of hydrogen-bond donors (Lipinski definition) is 8. The number of alkyl halides is 1. The van der Waals surface area contributed by atoms with Crippen molar-refractivity contribution in [1.82, 2.24) is 10.2 Å². The molecular formula is C19H35ClN2O12. The summed E-state index contributed by atoms with van der Waals surface area (Å²) in [5, 5.41) is 73.3. The Morgan fingerprint density at radius 3 is 2.24 bits per heavy atom. The molecule has 0 radical (unpaired) electrons. The molecule has 10 atom stereocenters. The number of carbonyl (C=O) groups excluding carboxylic acids is 1. The minimum absolute atomic E-state index is 0.0210. The lowest BCUT2D eigenvalue weighted by atomic mass is 9.96. The van der Waals surface area contributed by atoms with Crippen molar-refractivity contribution in [3.8, 4) is 0 Å². The Labute approximate surface area is 201 Å². The fourth-order valence-corrected chi connectivity index (χ4v) is 3.83. The van der Waals surface area contributed by atoms with Gasteiger partial charge in [0.15, 0.2) is 12.5 Å². The second kappa shape index (κ2) is 14.0. The molecule has 0 bridgehead atoms. The van der Waals surface area contributed by atoms with Crippen LogP contribution in [-0.2, 0) is 18.9 Å². The van der Waals surface area contributed by atoms with E-state index in [4.69, 9.17) is 30.5 Å². The summed E-state index contributed by atoms with van der Waals surface area (Å²) in [6.07, 6.45) is -15.7. The van der Waals surface area contributed by atoms with E-state index in [1.165, 1.54) is 0 Å². The molecule has 0 aromatic carbocycles. The third kappa shape index (κ3) is 6.87. The van der Waals surface area contributed by atoms with E-state index in [0.717, 1.165) is 4.90 Å². The molecule has 0 spiro atoms. The zero-order valence-electron chi connectivity index (χ0n) is 18.7. The van der Waals surface area contributed by atoms with Crippen LogP contribution in [0.1, 0.15) is 6.92 Å². The molecule has 1 unspecified atom stereocenters. The Kier molecular flexibility index (Phi) is 12.1. The van der Waals surface area contributed by atoms with Crippen molar-refractivity contribution in [2.45, 2.75) is 68.3 Å². The topological polar surface area (TPSA) is 211 Å². The van der Waals surface area contributed by atoms with Crippen LogP contribution in [0.2, 0.25) is 0 Å². The molecule has 2 saturated heterocycles. The average Bonchev–Trinajstić information content (AvgIpc) is 2.83. The van der Waals surface area contributed by atoms with Crippen molar-refractivity contribution >= 4 is 17.6 Å². The fraction of sp³-hybridized carbons (Fsp3) is 0.947. The Balaban J connectivity index is 2.18. The molecular weight excluding hydrogens is 484 g/mol. The van der Waals surface area contributed by atoms with Crippen molar-refractivity contribution in [2.24, 2.45) is 0 Å². The van der Waals surface area contributed by atoms with Gasteiger partial charge in [0.05, 0.1) is 19.8 Å². The molecule has 2 aliphatic heterocycles. The quantitative estimate of drug-likeness (QED) is 0.0968. The molecule has 2 amide bonds. The van der Waals surface area contributed by atoms with Crippen molar-refractivity contribution in [3.63, 3.8) is 0 Å². The first-order chi connectivity index (χ1) is 16.2. The number of ether oxygens (including phenoxy) is 4. The molecule has 0 aliphatic carbocycles. The van der Waals surface area contributed by atoms with Gasteiger partial charge in [0.1, 0.15) is 48.8 Å². The molecule has 14 nitrogen and oxygen atoms in total. The summed E-state index contributed by atoms with van der Waals surface area (Å²) in [5.74, 6) is 0.135. The fourth-order valence-electron chi connectivity index (χ4n) is 3.73. The summed E-state index contributed by atoms with van der Waals surface area (Å²) >= 11 is 5.61. The number of rotatable bonds is 11. The Bertz CT molecular complexity index is 618. The largest absolute Gasteiger partial charge is 0.394 e. The van der Waals surface area contributed by atoms with Gasteiger partial charge in [-0.3, -0.25) is 4.90 Å². The van der Waals surface area contributed by atoms with Crippen LogP contribution in [-0.4, -0.2) is 153 Å². The van der Waals surface area contributed by atoms with Crippen LogP contribution in [0.25, 0.3) is 0 Å². The summed E-state index contributed by atoms with van der Waals surface area (Å²) in [4.78, 5) is 13.7. The van der Waals surface area contributed by atoms with Crippen LogP contribution in [0.15, 0.2) is 0 Å².